The highest BCUT2D eigenvalue weighted by atomic mass is 19.4. The molecule has 2 N–H and O–H groups in total. The molecule has 0 radical (unpaired) electrons. The summed E-state index contributed by atoms with van der Waals surface area (Å²) in [5.74, 6) is -0.939. The summed E-state index contributed by atoms with van der Waals surface area (Å²) >= 11 is 0. The zero-order chi connectivity index (χ0) is 16.1. The normalized spacial score (nSPS) is 31.1. The molecule has 0 spiro atoms. The predicted molar refractivity (Wildman–Crippen MR) is 76.7 cm³/mol. The molecule has 6 heteroatoms. The van der Waals surface area contributed by atoms with E-state index in [1.54, 1.807) is 12.3 Å². The lowest BCUT2D eigenvalue weighted by atomic mass is 9.80. The molecule has 2 nitrogen and oxygen atoms in total. The molecule has 2 aliphatic rings. The molecule has 0 unspecified atom stereocenters. The zero-order valence-corrected chi connectivity index (χ0v) is 12.0. The molecule has 3 atom stereocenters. The summed E-state index contributed by atoms with van der Waals surface area (Å²) in [5, 5.41) is 0. The molecule has 1 aliphatic heterocycles. The second kappa shape index (κ2) is 4.91. The Morgan fingerprint density at radius 3 is 2.50 bits per heavy atom. The van der Waals surface area contributed by atoms with Crippen molar-refractivity contribution in [2.45, 2.75) is 32.0 Å². The van der Waals surface area contributed by atoms with Gasteiger partial charge in [-0.3, -0.25) is 4.99 Å². The van der Waals surface area contributed by atoms with Crippen LogP contribution in [0.25, 0.3) is 5.70 Å². The Morgan fingerprint density at radius 2 is 2.00 bits per heavy atom. The molecule has 1 aromatic rings. The van der Waals surface area contributed by atoms with E-state index >= 15 is 0 Å². The first-order valence-corrected chi connectivity index (χ1v) is 7.09. The molecule has 0 amide bonds. The molecule has 118 valence electrons. The van der Waals surface area contributed by atoms with Crippen molar-refractivity contribution in [1.82, 2.24) is 0 Å². The van der Waals surface area contributed by atoms with Crippen LogP contribution in [0.4, 0.5) is 17.6 Å². The van der Waals surface area contributed by atoms with Gasteiger partial charge in [-0.25, -0.2) is 4.39 Å². The fourth-order valence-electron chi connectivity index (χ4n) is 2.99. The maximum atomic E-state index is 14.1. The van der Waals surface area contributed by atoms with Gasteiger partial charge in [0.15, 0.2) is 0 Å². The van der Waals surface area contributed by atoms with E-state index in [0.717, 1.165) is 12.5 Å². The molecule has 3 rings (SSSR count). The van der Waals surface area contributed by atoms with E-state index in [-0.39, 0.29) is 22.7 Å². The minimum atomic E-state index is -4.71. The number of allylic oxidation sites excluding steroid dienone is 1. The highest BCUT2D eigenvalue weighted by Crippen LogP contribution is 2.48. The first kappa shape index (κ1) is 15.2. The maximum Gasteiger partial charge on any atom is 0.419 e. The molecule has 1 aromatic carbocycles. The van der Waals surface area contributed by atoms with Crippen LogP contribution >= 0.6 is 0 Å². The van der Waals surface area contributed by atoms with Crippen molar-refractivity contribution in [3.05, 3.63) is 41.2 Å². The number of benzene rings is 1. The van der Waals surface area contributed by atoms with E-state index in [0.29, 0.717) is 12.3 Å². The summed E-state index contributed by atoms with van der Waals surface area (Å²) in [6, 6.07) is 3.40. The monoisotopic (exact) mass is 312 g/mol. The van der Waals surface area contributed by atoms with Gasteiger partial charge in [0.2, 0.25) is 0 Å². The topological polar surface area (TPSA) is 38.4 Å². The van der Waals surface area contributed by atoms with E-state index in [9.17, 15) is 17.6 Å². The van der Waals surface area contributed by atoms with E-state index < -0.39 is 17.6 Å². The van der Waals surface area contributed by atoms with Crippen molar-refractivity contribution in [3.8, 4) is 0 Å². The Balaban J connectivity index is 1.90. The van der Waals surface area contributed by atoms with Gasteiger partial charge in [0, 0.05) is 23.2 Å². The van der Waals surface area contributed by atoms with Crippen molar-refractivity contribution in [2.75, 3.05) is 0 Å². The molecular formula is C16H16F4N2. The predicted octanol–water partition coefficient (Wildman–Crippen LogP) is 4.01. The van der Waals surface area contributed by atoms with Crippen LogP contribution < -0.4 is 5.73 Å². The maximum absolute atomic E-state index is 14.1. The minimum absolute atomic E-state index is 0.117. The van der Waals surface area contributed by atoms with Crippen molar-refractivity contribution in [3.63, 3.8) is 0 Å². The smallest absolute Gasteiger partial charge is 0.327 e. The lowest BCUT2D eigenvalue weighted by molar-refractivity contribution is -0.140. The van der Waals surface area contributed by atoms with Gasteiger partial charge in [0.25, 0.3) is 0 Å². The lowest BCUT2D eigenvalue weighted by Gasteiger charge is -2.27. The van der Waals surface area contributed by atoms with E-state index in [2.05, 4.69) is 4.99 Å². The number of rotatable bonds is 2. The van der Waals surface area contributed by atoms with Crippen molar-refractivity contribution >= 4 is 11.9 Å². The second-order valence-corrected chi connectivity index (χ2v) is 6.23. The quantitative estimate of drug-likeness (QED) is 0.823. The van der Waals surface area contributed by atoms with Gasteiger partial charge in [-0.2, -0.15) is 13.2 Å². The minimum Gasteiger partial charge on any atom is -0.327 e. The van der Waals surface area contributed by atoms with Crippen molar-refractivity contribution in [1.29, 1.82) is 0 Å². The van der Waals surface area contributed by atoms with Crippen LogP contribution in [-0.2, 0) is 6.18 Å². The summed E-state index contributed by atoms with van der Waals surface area (Å²) < 4.78 is 52.4. The van der Waals surface area contributed by atoms with Crippen LogP contribution in [0.2, 0.25) is 0 Å². The summed E-state index contributed by atoms with van der Waals surface area (Å²) in [6.07, 6.45) is 0.209. The molecular weight excluding hydrogens is 296 g/mol. The Labute approximate surface area is 125 Å². The first-order chi connectivity index (χ1) is 10.2. The lowest BCUT2D eigenvalue weighted by Crippen LogP contribution is -2.26. The van der Waals surface area contributed by atoms with E-state index in [4.69, 9.17) is 5.73 Å². The molecule has 1 heterocycles. The highest BCUT2D eigenvalue weighted by molar-refractivity contribution is 5.81. The van der Waals surface area contributed by atoms with E-state index in [1.807, 2.05) is 6.92 Å². The third-order valence-corrected chi connectivity index (χ3v) is 4.50. The van der Waals surface area contributed by atoms with Crippen LogP contribution in [0, 0.1) is 17.2 Å². The SMILES string of the molecule is C[C@@]1([C@H]2C[C@@H]2N)C=NC(c2cccc(C(F)(F)F)c2F)=CC1. The van der Waals surface area contributed by atoms with Crippen molar-refractivity contribution in [2.24, 2.45) is 22.1 Å². The Kier molecular flexibility index (Phi) is 3.40. The highest BCUT2D eigenvalue weighted by Gasteiger charge is 2.47. The number of nitrogens with two attached hydrogens (primary N) is 1. The molecule has 0 aromatic heterocycles. The first-order valence-electron chi connectivity index (χ1n) is 7.09. The van der Waals surface area contributed by atoms with Gasteiger partial charge in [0.05, 0.1) is 11.3 Å². The fraction of sp³-hybridized carbons (Fsp3) is 0.438. The second-order valence-electron chi connectivity index (χ2n) is 6.23. The van der Waals surface area contributed by atoms with Crippen LogP contribution in [0.15, 0.2) is 29.3 Å². The van der Waals surface area contributed by atoms with Crippen molar-refractivity contribution < 1.29 is 17.6 Å². The number of hydrogen-bond acceptors (Lipinski definition) is 2. The fourth-order valence-corrected chi connectivity index (χ4v) is 2.99. The van der Waals surface area contributed by atoms with Crippen LogP contribution in [-0.4, -0.2) is 12.3 Å². The van der Waals surface area contributed by atoms with E-state index in [1.165, 1.54) is 12.1 Å². The van der Waals surface area contributed by atoms with Gasteiger partial charge in [-0.15, -0.1) is 0 Å². The summed E-state index contributed by atoms with van der Waals surface area (Å²) in [6.45, 7) is 2.02. The summed E-state index contributed by atoms with van der Waals surface area (Å²) in [4.78, 5) is 4.21. The number of hydrogen-bond donors (Lipinski definition) is 1. The third kappa shape index (κ3) is 2.56. The molecule has 1 aliphatic carbocycles. The average Bonchev–Trinajstić information content (AvgIpc) is 3.17. The van der Waals surface area contributed by atoms with Gasteiger partial charge in [0.1, 0.15) is 5.82 Å². The summed E-state index contributed by atoms with van der Waals surface area (Å²) in [7, 11) is 0. The molecule has 1 saturated carbocycles. The molecule has 1 fully saturated rings. The molecule has 0 bridgehead atoms. The number of aliphatic imine (C=N–C) groups is 1. The van der Waals surface area contributed by atoms with Crippen LogP contribution in [0.3, 0.4) is 0 Å². The molecule has 0 saturated heterocycles. The van der Waals surface area contributed by atoms with Gasteiger partial charge >= 0.3 is 6.18 Å². The van der Waals surface area contributed by atoms with Gasteiger partial charge in [-0.05, 0) is 30.9 Å². The Morgan fingerprint density at radius 1 is 1.32 bits per heavy atom. The largest absolute Gasteiger partial charge is 0.419 e. The summed E-state index contributed by atoms with van der Waals surface area (Å²) in [5.41, 5.74) is 4.52. The number of alkyl halides is 3. The van der Waals surface area contributed by atoms with Gasteiger partial charge < -0.3 is 5.73 Å². The Hall–Kier alpha value is -1.69. The molecule has 22 heavy (non-hydrogen) atoms. The van der Waals surface area contributed by atoms with Gasteiger partial charge in [-0.1, -0.05) is 19.1 Å². The van der Waals surface area contributed by atoms with Crippen LogP contribution in [0.5, 0.6) is 0 Å². The average molecular weight is 312 g/mol. The van der Waals surface area contributed by atoms with Crippen LogP contribution in [0.1, 0.15) is 30.9 Å². The number of halogens is 4. The Bertz CT molecular complexity index is 663. The number of nitrogens with zero attached hydrogens (tertiary/aromatic N) is 1. The third-order valence-electron chi connectivity index (χ3n) is 4.50. The standard InChI is InChI=1S/C16H16F4N2/c1-15(11-7-12(11)21)6-5-13(22-8-15)9-3-2-4-10(14(9)17)16(18,19)20/h2-5,8,11-12H,6-7,21H2,1H3/t11-,12-,15-/m0/s1. The zero-order valence-electron chi connectivity index (χ0n) is 12.0.